The molecule has 11 N–H and O–H groups in total. The Hall–Kier alpha value is -6.17. The number of hydrogen-bond acceptors (Lipinski definition) is 16. The molecule has 85 heavy (non-hydrogen) atoms. The van der Waals surface area contributed by atoms with Crippen molar-refractivity contribution in [3.05, 3.63) is 82.4 Å². The molecule has 23 nitrogen and oxygen atoms in total. The molecule has 3 aliphatic rings. The molecule has 3 aliphatic heterocycles. The average Bonchev–Trinajstić information content (AvgIpc) is 1.92. The van der Waals surface area contributed by atoms with Gasteiger partial charge in [-0.05, 0) is 94.2 Å². The predicted octanol–water partition coefficient (Wildman–Crippen LogP) is 5.84. The number of anilines is 3. The average molecular weight is 1290 g/mol. The molecule has 5 rings (SSSR count). The van der Waals surface area contributed by atoms with Crippen LogP contribution in [0.15, 0.2) is 66.3 Å². The second-order valence-electron chi connectivity index (χ2n) is 21.8. The van der Waals surface area contributed by atoms with Crippen LogP contribution in [0, 0.1) is 11.8 Å². The highest BCUT2D eigenvalue weighted by Gasteiger charge is 2.64. The predicted molar refractivity (Wildman–Crippen MR) is 314 cm³/mol. The molecular weight excluding hydrogens is 1210 g/mol. The summed E-state index contributed by atoms with van der Waals surface area (Å²) in [6.07, 6.45) is -6.01. The number of carbonyl (C=O) groups excluding carboxylic acids is 7. The van der Waals surface area contributed by atoms with Crippen molar-refractivity contribution in [1.29, 1.82) is 0 Å². The van der Waals surface area contributed by atoms with Crippen molar-refractivity contribution in [1.82, 2.24) is 26.6 Å². The van der Waals surface area contributed by atoms with Crippen LogP contribution in [0.4, 0.5) is 39.8 Å². The summed E-state index contributed by atoms with van der Waals surface area (Å²) in [5, 5.41) is 41.0. The Labute approximate surface area is 505 Å². The molecule has 0 aromatic heterocycles. The lowest BCUT2D eigenvalue weighted by molar-refractivity contribution is -0.271. The first-order valence-electron chi connectivity index (χ1n) is 27.6. The van der Waals surface area contributed by atoms with Gasteiger partial charge >= 0.3 is 18.3 Å². The maximum atomic E-state index is 15.0. The second kappa shape index (κ2) is 31.0. The Bertz CT molecular complexity index is 2810. The summed E-state index contributed by atoms with van der Waals surface area (Å²) < 4.78 is 74.4. The van der Waals surface area contributed by atoms with Crippen molar-refractivity contribution in [3.8, 4) is 5.75 Å². The number of nitrogens with two attached hydrogens (primary N) is 1. The van der Waals surface area contributed by atoms with E-state index in [0.717, 1.165) is 17.7 Å². The Morgan fingerprint density at radius 3 is 2.40 bits per heavy atom. The maximum absolute atomic E-state index is 15.0. The molecule has 2 unspecified atom stereocenters. The van der Waals surface area contributed by atoms with Crippen LogP contribution < -0.4 is 52.6 Å². The molecule has 0 aliphatic carbocycles. The lowest BCUT2D eigenvalue weighted by Crippen LogP contribution is -2.65. The van der Waals surface area contributed by atoms with Gasteiger partial charge in [0.25, 0.3) is 0 Å². The van der Waals surface area contributed by atoms with Crippen LogP contribution >= 0.6 is 27.5 Å². The minimum atomic E-state index is -5.17. The van der Waals surface area contributed by atoms with Gasteiger partial charge in [-0.1, -0.05) is 78.7 Å². The number of hydrogen-bond donors (Lipinski definition) is 10. The molecule has 4 bridgehead atoms. The van der Waals surface area contributed by atoms with Gasteiger partial charge in [0.1, 0.15) is 40.9 Å². The van der Waals surface area contributed by atoms with Crippen LogP contribution in [0.3, 0.4) is 0 Å². The van der Waals surface area contributed by atoms with Crippen LogP contribution in [0.2, 0.25) is 5.02 Å². The highest BCUT2D eigenvalue weighted by molar-refractivity contribution is 9.09. The highest BCUT2D eigenvalue weighted by atomic mass is 79.9. The van der Waals surface area contributed by atoms with Crippen LogP contribution in [0.1, 0.15) is 90.7 Å². The van der Waals surface area contributed by atoms with Crippen molar-refractivity contribution >= 4 is 86.6 Å². The summed E-state index contributed by atoms with van der Waals surface area (Å²) >= 11 is 9.97. The van der Waals surface area contributed by atoms with Gasteiger partial charge in [0, 0.05) is 56.2 Å². The number of aliphatic hydroxyl groups excluding tert-OH is 1. The van der Waals surface area contributed by atoms with E-state index in [-0.39, 0.29) is 54.6 Å². The molecule has 0 spiro atoms. The summed E-state index contributed by atoms with van der Waals surface area (Å²) in [7, 11) is 4.25. The number of amides is 7. The number of ether oxygens (including phenoxy) is 5. The topological polar surface area (TPSA) is 323 Å². The molecule has 0 saturated carbocycles. The molecular formula is C57H78BrClF3N9O14. The highest BCUT2D eigenvalue weighted by Crippen LogP contribution is 2.49. The number of benzene rings is 2. The zero-order chi connectivity index (χ0) is 63.1. The minimum absolute atomic E-state index is 0.0272. The fraction of sp³-hybridized carbons (Fsp3) is 0.561. The quantitative estimate of drug-likeness (QED) is 0.0205. The van der Waals surface area contributed by atoms with Gasteiger partial charge in [0.05, 0.1) is 54.8 Å². The summed E-state index contributed by atoms with van der Waals surface area (Å²) in [5.74, 6) is -3.70. The third kappa shape index (κ3) is 19.2. The van der Waals surface area contributed by atoms with Gasteiger partial charge in [-0.3, -0.25) is 29.8 Å². The molecule has 2 saturated heterocycles. The normalized spacial score (nSPS) is 25.6. The van der Waals surface area contributed by atoms with Crippen molar-refractivity contribution in [2.75, 3.05) is 55.2 Å². The number of nitrogens with zero attached hydrogens (tertiary/aromatic N) is 1. The van der Waals surface area contributed by atoms with Crippen LogP contribution in [0.25, 0.3) is 0 Å². The largest absolute Gasteiger partial charge is 0.495 e. The van der Waals surface area contributed by atoms with Crippen molar-refractivity contribution in [2.45, 2.75) is 152 Å². The lowest BCUT2D eigenvalue weighted by Gasteiger charge is -2.44. The number of aldehydes is 1. The molecule has 470 valence electrons. The monoisotopic (exact) mass is 1280 g/mol. The number of methoxy groups -OCH3 is 2. The maximum Gasteiger partial charge on any atom is 0.418 e. The number of carbonyl (C=O) groups is 7. The van der Waals surface area contributed by atoms with E-state index in [1.54, 1.807) is 58.1 Å². The molecule has 2 aromatic carbocycles. The fourth-order valence-corrected chi connectivity index (χ4v) is 10.7. The Kier molecular flexibility index (Phi) is 25.3. The Morgan fingerprint density at radius 2 is 1.76 bits per heavy atom. The summed E-state index contributed by atoms with van der Waals surface area (Å²) in [4.78, 5) is 93.3. The van der Waals surface area contributed by atoms with Gasteiger partial charge < -0.3 is 70.6 Å². The van der Waals surface area contributed by atoms with Crippen LogP contribution in [-0.2, 0) is 55.5 Å². The van der Waals surface area contributed by atoms with E-state index in [1.165, 1.54) is 26.2 Å². The van der Waals surface area contributed by atoms with Gasteiger partial charge in [-0.15, -0.1) is 0 Å². The van der Waals surface area contributed by atoms with Gasteiger partial charge in [-0.25, -0.2) is 14.9 Å². The summed E-state index contributed by atoms with van der Waals surface area (Å²) in [6, 6.07) is 1.57. The van der Waals surface area contributed by atoms with E-state index in [9.17, 15) is 43.8 Å². The fourth-order valence-electron chi connectivity index (χ4n) is 10.1. The van der Waals surface area contributed by atoms with Crippen molar-refractivity contribution in [2.24, 2.45) is 17.6 Å². The standard InChI is InChI=1S/C57H78BrClF3N9O14/c1-30(2)47(66-36(29-72)15-10-11-20-64-49(74)32(4)28-58)51(76)69-39(16-13-21-65-52(63)77)50(75)68-38-19-18-35(25-37(38)57(60,61)62)67-53(78)84-44-26-45(73)71(7)40-23-34(24-41(81-8)46(40)59)22-31(3)14-12-17-43(82-9)56(80)27-42(83-54(79)70-56)33(5)48-55(44,6)85-48/h12,14,17-19,23-25,29-30,33,36,39,42-44,47-48,54,66,70,79-80H,4,10-11,13,15-16,20-22,26-28H2,1-3,5-9H3,(H,64,74)(H,67,78)(H,68,75)(H,69,76)(H3,63,65,77)/b17-12+,31-14+/t33-,36?,39+,42+,43-,44+,47+,48+,54?,55+,56+/m1/s1. The SMILES string of the molecule is C=C(CBr)C(=O)NCCCCC(C=O)N[C@H](C(=O)N[C@@H](CCCNC(N)=O)C(=O)Nc1ccc(NC(=O)O[C@H]2CC(=O)N(C)c3cc(cc(OC)c3Cl)C/C(C)=C/C=C/[C@@H](OC)[C@@]3(O)C[C@H](OC(O)N3)[C@@H](C)[C@@H]3O[C@@]23C)cc1C(F)(F)F)C(C)C. The summed E-state index contributed by atoms with van der Waals surface area (Å²) in [6.45, 7) is 12.4. The van der Waals surface area contributed by atoms with Crippen molar-refractivity contribution < 1.29 is 80.6 Å². The number of nitrogens with one attached hydrogen (secondary N) is 7. The number of epoxide rings is 1. The molecule has 7 amide bonds. The zero-order valence-corrected chi connectivity index (χ0v) is 51.0. The third-order valence-electron chi connectivity index (χ3n) is 14.9. The van der Waals surface area contributed by atoms with E-state index in [0.29, 0.717) is 54.6 Å². The number of unbranched alkanes of at least 4 members (excludes halogenated alkanes) is 1. The summed E-state index contributed by atoms with van der Waals surface area (Å²) in [5.41, 5.74) is 1.30. The second-order valence-corrected chi connectivity index (χ2v) is 22.7. The lowest BCUT2D eigenvalue weighted by atomic mass is 9.83. The minimum Gasteiger partial charge on any atom is -0.495 e. The molecule has 3 heterocycles. The number of rotatable bonds is 23. The van der Waals surface area contributed by atoms with E-state index >= 15 is 13.2 Å². The van der Waals surface area contributed by atoms with Gasteiger partial charge in [0.15, 0.2) is 5.72 Å². The van der Waals surface area contributed by atoms with E-state index in [1.807, 2.05) is 6.92 Å². The number of halogens is 5. The third-order valence-corrected chi connectivity index (χ3v) is 16.0. The molecule has 28 heteroatoms. The first-order valence-corrected chi connectivity index (χ1v) is 29.1. The first-order chi connectivity index (χ1) is 40.0. The smallest absolute Gasteiger partial charge is 0.418 e. The molecule has 0 radical (unpaired) electrons. The number of alkyl halides is 4. The van der Waals surface area contributed by atoms with E-state index in [4.69, 9.17) is 41.0 Å². The van der Waals surface area contributed by atoms with E-state index < -0.39 is 131 Å². The first kappa shape index (κ1) is 69.6. The number of urea groups is 1. The van der Waals surface area contributed by atoms with Gasteiger partial charge in [0.2, 0.25) is 30.0 Å². The zero-order valence-electron chi connectivity index (χ0n) is 48.7. The van der Waals surface area contributed by atoms with Crippen LogP contribution in [0.5, 0.6) is 5.75 Å². The van der Waals surface area contributed by atoms with Crippen LogP contribution in [-0.4, -0.2) is 152 Å². The molecule has 2 aromatic rings. The number of aliphatic hydroxyl groups is 2. The molecule has 2 fully saturated rings. The van der Waals surface area contributed by atoms with Crippen molar-refractivity contribution in [3.63, 3.8) is 0 Å². The number of fused-ring (bicyclic) bond motifs is 5. The molecule has 11 atom stereocenters. The Morgan fingerprint density at radius 1 is 1.06 bits per heavy atom. The number of primary amides is 1. The van der Waals surface area contributed by atoms with Gasteiger partial charge in [-0.2, -0.15) is 13.2 Å². The van der Waals surface area contributed by atoms with E-state index in [2.05, 4.69) is 59.7 Å². The number of allylic oxidation sites excluding steroid dienone is 3. The Balaban J connectivity index is 1.40.